The highest BCUT2D eigenvalue weighted by molar-refractivity contribution is 5.84. The zero-order valence-corrected chi connectivity index (χ0v) is 10.7. The monoisotopic (exact) mass is 283 g/mol. The van der Waals surface area contributed by atoms with E-state index in [1.807, 2.05) is 0 Å². The lowest BCUT2D eigenvalue weighted by atomic mass is 10.1. The fraction of sp³-hybridized carbons (Fsp3) is 0.429. The van der Waals surface area contributed by atoms with Gasteiger partial charge in [0.05, 0.1) is 6.42 Å². The minimum absolute atomic E-state index is 0.175. The van der Waals surface area contributed by atoms with Gasteiger partial charge in [0, 0.05) is 0 Å². The van der Waals surface area contributed by atoms with Crippen LogP contribution in [0.15, 0.2) is 18.2 Å². The van der Waals surface area contributed by atoms with Crippen molar-refractivity contribution in [2.24, 2.45) is 5.92 Å². The molecule has 0 bridgehead atoms. The van der Waals surface area contributed by atoms with Gasteiger partial charge in [-0.05, 0) is 30.0 Å². The first kappa shape index (κ1) is 14.4. The normalized spacial score (nSPS) is 15.7. The van der Waals surface area contributed by atoms with Crippen LogP contribution in [-0.4, -0.2) is 23.0 Å². The number of nitrogens with one attached hydrogen (secondary N) is 1. The molecule has 0 saturated heterocycles. The Labute approximate surface area is 114 Å². The molecule has 0 radical (unpaired) electrons. The smallest absolute Gasteiger partial charge is 0.326 e. The molecule has 1 aromatic carbocycles. The first-order chi connectivity index (χ1) is 9.45. The molecule has 2 N–H and O–H groups in total. The number of carbonyl (C=O) groups is 2. The summed E-state index contributed by atoms with van der Waals surface area (Å²) in [7, 11) is 0. The van der Waals surface area contributed by atoms with Crippen molar-refractivity contribution in [1.29, 1.82) is 0 Å². The number of carboxylic acids is 1. The topological polar surface area (TPSA) is 66.4 Å². The van der Waals surface area contributed by atoms with Crippen LogP contribution in [-0.2, 0) is 16.0 Å². The van der Waals surface area contributed by atoms with Crippen molar-refractivity contribution in [3.05, 3.63) is 35.4 Å². The maximum Gasteiger partial charge on any atom is 0.326 e. The third-order valence-corrected chi connectivity index (χ3v) is 3.25. The Kier molecular flexibility index (Phi) is 4.32. The summed E-state index contributed by atoms with van der Waals surface area (Å²) in [6.45, 7) is 0. The van der Waals surface area contributed by atoms with Crippen molar-refractivity contribution in [2.75, 3.05) is 0 Å². The van der Waals surface area contributed by atoms with Crippen LogP contribution >= 0.6 is 0 Å². The number of aliphatic carboxylic acids is 1. The van der Waals surface area contributed by atoms with Gasteiger partial charge in [0.2, 0.25) is 5.91 Å². The minimum atomic E-state index is -1.07. The van der Waals surface area contributed by atoms with Crippen LogP contribution in [0.25, 0.3) is 0 Å². The van der Waals surface area contributed by atoms with Gasteiger partial charge in [0.1, 0.15) is 6.04 Å². The van der Waals surface area contributed by atoms with E-state index in [0.717, 1.165) is 25.0 Å². The maximum atomic E-state index is 13.0. The number of amides is 1. The molecule has 1 aliphatic carbocycles. The predicted octanol–water partition coefficient (Wildman–Crippen LogP) is 1.88. The molecule has 1 amide bonds. The molecule has 20 heavy (non-hydrogen) atoms. The van der Waals surface area contributed by atoms with E-state index in [4.69, 9.17) is 5.11 Å². The van der Waals surface area contributed by atoms with Gasteiger partial charge in [-0.2, -0.15) is 0 Å². The summed E-state index contributed by atoms with van der Waals surface area (Å²) in [4.78, 5) is 22.8. The molecule has 0 heterocycles. The van der Waals surface area contributed by atoms with Gasteiger partial charge < -0.3 is 10.4 Å². The van der Waals surface area contributed by atoms with E-state index < -0.39 is 29.6 Å². The first-order valence-corrected chi connectivity index (χ1v) is 6.42. The number of rotatable bonds is 6. The second-order valence-corrected chi connectivity index (χ2v) is 5.06. The fourth-order valence-corrected chi connectivity index (χ4v) is 1.99. The summed E-state index contributed by atoms with van der Waals surface area (Å²) in [6, 6.07) is 2.26. The molecule has 1 aromatic rings. The highest BCUT2D eigenvalue weighted by atomic mass is 19.2. The quantitative estimate of drug-likeness (QED) is 0.837. The number of carbonyl (C=O) groups excluding carboxylic acids is 1. The van der Waals surface area contributed by atoms with E-state index in [0.29, 0.717) is 17.9 Å². The van der Waals surface area contributed by atoms with Crippen molar-refractivity contribution in [3.8, 4) is 0 Å². The van der Waals surface area contributed by atoms with Crippen molar-refractivity contribution in [3.63, 3.8) is 0 Å². The Bertz CT molecular complexity index is 529. The van der Waals surface area contributed by atoms with Gasteiger partial charge in [-0.25, -0.2) is 13.6 Å². The van der Waals surface area contributed by atoms with Crippen LogP contribution in [0.2, 0.25) is 0 Å². The Morgan fingerprint density at radius 2 is 2.00 bits per heavy atom. The molecular weight excluding hydrogens is 268 g/mol. The third-order valence-electron chi connectivity index (χ3n) is 3.25. The molecular formula is C14H15F2NO3. The van der Waals surface area contributed by atoms with Gasteiger partial charge >= 0.3 is 5.97 Å². The van der Waals surface area contributed by atoms with E-state index in [9.17, 15) is 18.4 Å². The fourth-order valence-electron chi connectivity index (χ4n) is 1.99. The van der Waals surface area contributed by atoms with Crippen molar-refractivity contribution in [2.45, 2.75) is 31.7 Å². The second-order valence-electron chi connectivity index (χ2n) is 5.06. The summed E-state index contributed by atoms with van der Waals surface area (Å²) < 4.78 is 25.7. The highest BCUT2D eigenvalue weighted by Crippen LogP contribution is 2.33. The van der Waals surface area contributed by atoms with Crippen LogP contribution in [0.5, 0.6) is 0 Å². The highest BCUT2D eigenvalue weighted by Gasteiger charge is 2.30. The summed E-state index contributed by atoms with van der Waals surface area (Å²) in [6.07, 6.45) is 2.22. The van der Waals surface area contributed by atoms with Gasteiger partial charge in [0.15, 0.2) is 11.6 Å². The van der Waals surface area contributed by atoms with E-state index in [1.165, 1.54) is 6.07 Å². The van der Waals surface area contributed by atoms with Crippen molar-refractivity contribution >= 4 is 11.9 Å². The largest absolute Gasteiger partial charge is 0.480 e. The average Bonchev–Trinajstić information content (AvgIpc) is 3.17. The molecule has 1 atom stereocenters. The lowest BCUT2D eigenvalue weighted by Gasteiger charge is -2.14. The lowest BCUT2D eigenvalue weighted by molar-refractivity contribution is -0.142. The summed E-state index contributed by atoms with van der Waals surface area (Å²) in [5.41, 5.74) is 0.303. The maximum absolute atomic E-state index is 13.0. The molecule has 1 saturated carbocycles. The minimum Gasteiger partial charge on any atom is -0.480 e. The van der Waals surface area contributed by atoms with Crippen LogP contribution in [0.4, 0.5) is 8.78 Å². The van der Waals surface area contributed by atoms with E-state index >= 15 is 0 Å². The SMILES string of the molecule is O=C(Cc1ccc(F)c(F)c1)N[C@@H](CC1CC1)C(=O)O. The van der Waals surface area contributed by atoms with Gasteiger partial charge in [-0.3, -0.25) is 4.79 Å². The molecule has 108 valence electrons. The number of hydrogen-bond acceptors (Lipinski definition) is 2. The van der Waals surface area contributed by atoms with Crippen LogP contribution in [0.3, 0.4) is 0 Å². The molecule has 0 aromatic heterocycles. The van der Waals surface area contributed by atoms with Gasteiger partial charge in [-0.1, -0.05) is 18.9 Å². The number of hydrogen-bond donors (Lipinski definition) is 2. The molecule has 0 unspecified atom stereocenters. The molecule has 0 aliphatic heterocycles. The molecule has 1 fully saturated rings. The Morgan fingerprint density at radius 1 is 1.30 bits per heavy atom. The summed E-state index contributed by atoms with van der Waals surface area (Å²) >= 11 is 0. The van der Waals surface area contributed by atoms with E-state index in [2.05, 4.69) is 5.32 Å². The zero-order valence-electron chi connectivity index (χ0n) is 10.7. The number of carboxylic acid groups (broad SMARTS) is 1. The summed E-state index contributed by atoms with van der Waals surface area (Å²) in [5.74, 6) is -3.23. The standard InChI is InChI=1S/C14H15F2NO3/c15-10-4-3-9(5-11(10)16)7-13(18)17-12(14(19)20)6-8-1-2-8/h3-5,8,12H,1-2,6-7H2,(H,17,18)(H,19,20)/t12-/m0/s1. The summed E-state index contributed by atoms with van der Waals surface area (Å²) in [5, 5.41) is 11.4. The lowest BCUT2D eigenvalue weighted by Crippen LogP contribution is -2.41. The molecule has 1 aliphatic rings. The van der Waals surface area contributed by atoms with E-state index in [1.54, 1.807) is 0 Å². The Morgan fingerprint density at radius 3 is 2.55 bits per heavy atom. The Hall–Kier alpha value is -1.98. The molecule has 2 rings (SSSR count). The van der Waals surface area contributed by atoms with Crippen LogP contribution in [0, 0.1) is 17.6 Å². The predicted molar refractivity (Wildman–Crippen MR) is 67.0 cm³/mol. The molecule has 4 nitrogen and oxygen atoms in total. The van der Waals surface area contributed by atoms with Crippen molar-refractivity contribution in [1.82, 2.24) is 5.32 Å². The average molecular weight is 283 g/mol. The second kappa shape index (κ2) is 5.98. The van der Waals surface area contributed by atoms with Crippen molar-refractivity contribution < 1.29 is 23.5 Å². The van der Waals surface area contributed by atoms with E-state index in [-0.39, 0.29) is 6.42 Å². The van der Waals surface area contributed by atoms with Gasteiger partial charge in [-0.15, -0.1) is 0 Å². The van der Waals surface area contributed by atoms with Crippen LogP contribution < -0.4 is 5.32 Å². The first-order valence-electron chi connectivity index (χ1n) is 6.42. The van der Waals surface area contributed by atoms with Crippen LogP contribution in [0.1, 0.15) is 24.8 Å². The number of benzene rings is 1. The number of halogens is 2. The molecule has 0 spiro atoms. The molecule has 6 heteroatoms. The van der Waals surface area contributed by atoms with Gasteiger partial charge in [0.25, 0.3) is 0 Å². The Balaban J connectivity index is 1.92. The third kappa shape index (κ3) is 4.01. The zero-order chi connectivity index (χ0) is 14.7.